The Morgan fingerprint density at radius 2 is 2.12 bits per heavy atom. The molecule has 0 fully saturated rings. The molecule has 0 aliphatic carbocycles. The van der Waals surface area contributed by atoms with Gasteiger partial charge in [0.25, 0.3) is 0 Å². The zero-order valence-electron chi connectivity index (χ0n) is 11.1. The van der Waals surface area contributed by atoms with Crippen LogP contribution in [0.15, 0.2) is 24.3 Å². The summed E-state index contributed by atoms with van der Waals surface area (Å²) in [7, 11) is 0. The summed E-state index contributed by atoms with van der Waals surface area (Å²) in [5.74, 6) is 1.08. The zero-order chi connectivity index (χ0) is 12.3. The predicted molar refractivity (Wildman–Crippen MR) is 71.5 cm³/mol. The van der Waals surface area contributed by atoms with Crippen LogP contribution in [0.3, 0.4) is 0 Å². The van der Waals surface area contributed by atoms with E-state index in [2.05, 4.69) is 44.3 Å². The first-order valence-corrected chi connectivity index (χ1v) is 6.56. The highest BCUT2D eigenvalue weighted by Gasteiger charge is 2.29. The van der Waals surface area contributed by atoms with Gasteiger partial charge in [-0.05, 0) is 30.0 Å². The number of ether oxygens (including phenoxy) is 1. The second kappa shape index (κ2) is 5.09. The summed E-state index contributed by atoms with van der Waals surface area (Å²) in [5, 5.41) is 3.43. The molecule has 1 aliphatic rings. The molecule has 1 aliphatic heterocycles. The molecule has 0 saturated carbocycles. The molecule has 2 heteroatoms. The smallest absolute Gasteiger partial charge is 0.123 e. The van der Waals surface area contributed by atoms with E-state index in [4.69, 9.17) is 4.74 Å². The maximum atomic E-state index is 5.99. The molecule has 0 amide bonds. The highest BCUT2D eigenvalue weighted by atomic mass is 16.5. The van der Waals surface area contributed by atoms with Crippen molar-refractivity contribution in [2.45, 2.75) is 39.7 Å². The van der Waals surface area contributed by atoms with Crippen LogP contribution in [-0.2, 0) is 6.42 Å². The Morgan fingerprint density at radius 1 is 1.35 bits per heavy atom. The van der Waals surface area contributed by atoms with Crippen LogP contribution in [0.2, 0.25) is 0 Å². The van der Waals surface area contributed by atoms with Gasteiger partial charge in [-0.2, -0.15) is 0 Å². The van der Waals surface area contributed by atoms with E-state index in [0.29, 0.717) is 11.5 Å². The maximum Gasteiger partial charge on any atom is 0.123 e. The molecule has 1 heterocycles. The highest BCUT2D eigenvalue weighted by Crippen LogP contribution is 2.33. The van der Waals surface area contributed by atoms with Gasteiger partial charge in [0.2, 0.25) is 0 Å². The molecule has 2 nitrogen and oxygen atoms in total. The Labute approximate surface area is 104 Å². The Hall–Kier alpha value is -1.02. The van der Waals surface area contributed by atoms with Crippen LogP contribution in [0, 0.1) is 5.41 Å². The second-order valence-electron chi connectivity index (χ2n) is 5.70. The average Bonchev–Trinajstić information content (AvgIpc) is 2.67. The molecule has 2 rings (SSSR count). The fraction of sp³-hybridized carbons (Fsp3) is 0.600. The minimum Gasteiger partial charge on any atom is -0.490 e. The van der Waals surface area contributed by atoms with Crippen molar-refractivity contribution in [3.05, 3.63) is 29.8 Å². The van der Waals surface area contributed by atoms with Crippen molar-refractivity contribution in [1.29, 1.82) is 0 Å². The third-order valence-electron chi connectivity index (χ3n) is 3.35. The monoisotopic (exact) mass is 233 g/mol. The Balaban J connectivity index is 1.91. The Morgan fingerprint density at radius 3 is 2.82 bits per heavy atom. The van der Waals surface area contributed by atoms with E-state index in [0.717, 1.165) is 31.7 Å². The summed E-state index contributed by atoms with van der Waals surface area (Å²) < 4.78 is 5.99. The molecule has 1 aromatic rings. The molecule has 0 aromatic heterocycles. The third-order valence-corrected chi connectivity index (χ3v) is 3.35. The topological polar surface area (TPSA) is 21.3 Å². The summed E-state index contributed by atoms with van der Waals surface area (Å²) in [4.78, 5) is 0. The average molecular weight is 233 g/mol. The fourth-order valence-electron chi connectivity index (χ4n) is 2.52. The number of nitrogens with one attached hydrogen (secondary N) is 1. The zero-order valence-corrected chi connectivity index (χ0v) is 11.1. The van der Waals surface area contributed by atoms with Crippen LogP contribution >= 0.6 is 0 Å². The normalized spacial score (nSPS) is 18.9. The second-order valence-corrected chi connectivity index (χ2v) is 5.70. The van der Waals surface area contributed by atoms with Crippen molar-refractivity contribution in [2.24, 2.45) is 5.41 Å². The van der Waals surface area contributed by atoms with Crippen molar-refractivity contribution >= 4 is 0 Å². The molecule has 0 spiro atoms. The van der Waals surface area contributed by atoms with Gasteiger partial charge in [0, 0.05) is 13.0 Å². The number of hydrogen-bond donors (Lipinski definition) is 1. The summed E-state index contributed by atoms with van der Waals surface area (Å²) in [6, 6.07) is 8.39. The molecular formula is C15H23NO. The molecule has 1 N–H and O–H groups in total. The van der Waals surface area contributed by atoms with Crippen molar-refractivity contribution in [2.75, 3.05) is 13.1 Å². The molecule has 0 radical (unpaired) electrons. The van der Waals surface area contributed by atoms with Crippen LogP contribution in [0.4, 0.5) is 0 Å². The summed E-state index contributed by atoms with van der Waals surface area (Å²) in [5.41, 5.74) is 1.65. The lowest BCUT2D eigenvalue weighted by Gasteiger charge is -2.27. The minimum absolute atomic E-state index is 0.294. The first kappa shape index (κ1) is 12.4. The van der Waals surface area contributed by atoms with Crippen LogP contribution in [0.5, 0.6) is 5.75 Å². The number of fused-ring (bicyclic) bond motifs is 1. The van der Waals surface area contributed by atoms with Crippen LogP contribution in [0.25, 0.3) is 0 Å². The first-order chi connectivity index (χ1) is 8.11. The van der Waals surface area contributed by atoms with Gasteiger partial charge in [-0.3, -0.25) is 0 Å². The lowest BCUT2D eigenvalue weighted by Crippen LogP contribution is -2.33. The number of hydrogen-bond acceptors (Lipinski definition) is 2. The van der Waals surface area contributed by atoms with Crippen LogP contribution in [0.1, 0.15) is 32.8 Å². The first-order valence-electron chi connectivity index (χ1n) is 6.56. The van der Waals surface area contributed by atoms with E-state index in [9.17, 15) is 0 Å². The SMILES string of the molecule is CCNCC(C)(C)CC1Cc2ccccc2O1. The highest BCUT2D eigenvalue weighted by molar-refractivity contribution is 5.37. The van der Waals surface area contributed by atoms with Gasteiger partial charge in [0.15, 0.2) is 0 Å². The van der Waals surface area contributed by atoms with Crippen LogP contribution in [-0.4, -0.2) is 19.2 Å². The third kappa shape index (κ3) is 3.22. The minimum atomic E-state index is 0.294. The van der Waals surface area contributed by atoms with Crippen LogP contribution < -0.4 is 10.1 Å². The number of para-hydroxylation sites is 1. The number of rotatable bonds is 5. The quantitative estimate of drug-likeness (QED) is 0.844. The van der Waals surface area contributed by atoms with Gasteiger partial charge in [-0.1, -0.05) is 39.0 Å². The standard InChI is InChI=1S/C15H23NO/c1-4-16-11-15(2,3)10-13-9-12-7-5-6-8-14(12)17-13/h5-8,13,16H,4,9-11H2,1-3H3. The van der Waals surface area contributed by atoms with Crippen molar-refractivity contribution in [3.8, 4) is 5.75 Å². The lowest BCUT2D eigenvalue weighted by atomic mass is 9.85. The van der Waals surface area contributed by atoms with Gasteiger partial charge >= 0.3 is 0 Å². The molecular weight excluding hydrogens is 210 g/mol. The van der Waals surface area contributed by atoms with E-state index in [1.165, 1.54) is 5.56 Å². The van der Waals surface area contributed by atoms with Gasteiger partial charge in [-0.15, -0.1) is 0 Å². The van der Waals surface area contributed by atoms with Gasteiger partial charge < -0.3 is 10.1 Å². The largest absolute Gasteiger partial charge is 0.490 e. The fourth-order valence-corrected chi connectivity index (χ4v) is 2.52. The molecule has 0 bridgehead atoms. The van der Waals surface area contributed by atoms with E-state index in [-0.39, 0.29) is 0 Å². The summed E-state index contributed by atoms with van der Waals surface area (Å²) >= 11 is 0. The molecule has 1 aromatic carbocycles. The maximum absolute atomic E-state index is 5.99. The summed E-state index contributed by atoms with van der Waals surface area (Å²) in [6.45, 7) is 8.86. The molecule has 17 heavy (non-hydrogen) atoms. The molecule has 1 atom stereocenters. The van der Waals surface area contributed by atoms with Gasteiger partial charge in [0.05, 0.1) is 0 Å². The molecule has 1 unspecified atom stereocenters. The number of benzene rings is 1. The predicted octanol–water partition coefficient (Wildman–Crippen LogP) is 3.02. The van der Waals surface area contributed by atoms with Gasteiger partial charge in [0.1, 0.15) is 11.9 Å². The Kier molecular flexibility index (Phi) is 3.72. The molecule has 94 valence electrons. The molecule has 0 saturated heterocycles. The lowest BCUT2D eigenvalue weighted by molar-refractivity contribution is 0.155. The van der Waals surface area contributed by atoms with Crippen molar-refractivity contribution in [1.82, 2.24) is 5.32 Å². The van der Waals surface area contributed by atoms with E-state index in [1.807, 2.05) is 6.07 Å². The van der Waals surface area contributed by atoms with Crippen molar-refractivity contribution in [3.63, 3.8) is 0 Å². The van der Waals surface area contributed by atoms with E-state index >= 15 is 0 Å². The Bertz CT molecular complexity index is 348. The summed E-state index contributed by atoms with van der Waals surface area (Å²) in [6.07, 6.45) is 2.52. The van der Waals surface area contributed by atoms with Gasteiger partial charge in [-0.25, -0.2) is 0 Å². The van der Waals surface area contributed by atoms with E-state index < -0.39 is 0 Å². The van der Waals surface area contributed by atoms with E-state index in [1.54, 1.807) is 0 Å². The van der Waals surface area contributed by atoms with Crippen molar-refractivity contribution < 1.29 is 4.74 Å².